The van der Waals surface area contributed by atoms with Gasteiger partial charge in [-0.2, -0.15) is 0 Å². The minimum atomic E-state index is -0.479. The van der Waals surface area contributed by atoms with E-state index in [1.165, 1.54) is 11.9 Å². The summed E-state index contributed by atoms with van der Waals surface area (Å²) in [6.07, 6.45) is 0.217. The number of nitrogens with zero attached hydrogens (tertiary/aromatic N) is 1. The van der Waals surface area contributed by atoms with Gasteiger partial charge in [0, 0.05) is 20.5 Å². The van der Waals surface area contributed by atoms with Gasteiger partial charge in [-0.15, -0.1) is 0 Å². The monoisotopic (exact) mass is 202 g/mol. The van der Waals surface area contributed by atoms with Crippen LogP contribution in [0.3, 0.4) is 0 Å². The summed E-state index contributed by atoms with van der Waals surface area (Å²) >= 11 is 0. The average Bonchev–Trinajstić information content (AvgIpc) is 2.13. The quantitative estimate of drug-likeness (QED) is 0.622. The summed E-state index contributed by atoms with van der Waals surface area (Å²) < 4.78 is 0. The molecule has 0 radical (unpaired) electrons. The Balaban J connectivity index is 3.82. The molecule has 0 aliphatic rings. The van der Waals surface area contributed by atoms with Crippen molar-refractivity contribution in [3.63, 3.8) is 0 Å². The molecule has 82 valence electrons. The van der Waals surface area contributed by atoms with Gasteiger partial charge < -0.3 is 15.3 Å². The molecule has 0 aromatic rings. The van der Waals surface area contributed by atoms with Crippen LogP contribution in [-0.4, -0.2) is 48.6 Å². The van der Waals surface area contributed by atoms with Gasteiger partial charge in [-0.3, -0.25) is 9.59 Å². The van der Waals surface area contributed by atoms with E-state index in [9.17, 15) is 9.59 Å². The lowest BCUT2D eigenvalue weighted by Crippen LogP contribution is -2.37. The molecule has 1 unspecified atom stereocenters. The van der Waals surface area contributed by atoms with Crippen molar-refractivity contribution in [3.8, 4) is 0 Å². The standard InChI is InChI=1S/C9H18N2O3/c1-7(12)4-5-9(14)11(3)6-8(13)10-2/h7,12H,4-6H2,1-3H3,(H,10,13). The first-order valence-corrected chi connectivity index (χ1v) is 4.60. The first-order valence-electron chi connectivity index (χ1n) is 4.60. The number of amides is 2. The highest BCUT2D eigenvalue weighted by atomic mass is 16.3. The van der Waals surface area contributed by atoms with E-state index < -0.39 is 6.10 Å². The van der Waals surface area contributed by atoms with Crippen LogP contribution in [0.5, 0.6) is 0 Å². The van der Waals surface area contributed by atoms with Gasteiger partial charge in [0.2, 0.25) is 11.8 Å². The molecule has 2 amide bonds. The number of rotatable bonds is 5. The molecule has 0 saturated carbocycles. The van der Waals surface area contributed by atoms with Crippen LogP contribution in [0.15, 0.2) is 0 Å². The van der Waals surface area contributed by atoms with E-state index in [0.717, 1.165) is 0 Å². The van der Waals surface area contributed by atoms with E-state index in [1.807, 2.05) is 0 Å². The molecule has 0 saturated heterocycles. The Hall–Kier alpha value is -1.10. The van der Waals surface area contributed by atoms with Crippen molar-refractivity contribution in [2.24, 2.45) is 0 Å². The van der Waals surface area contributed by atoms with E-state index in [4.69, 9.17) is 5.11 Å². The predicted molar refractivity (Wildman–Crippen MR) is 52.6 cm³/mol. The van der Waals surface area contributed by atoms with Crippen LogP contribution in [0.25, 0.3) is 0 Å². The Labute approximate surface area is 84.1 Å². The first-order chi connectivity index (χ1) is 6.47. The molecule has 0 fully saturated rings. The van der Waals surface area contributed by atoms with E-state index >= 15 is 0 Å². The third kappa shape index (κ3) is 5.53. The van der Waals surface area contributed by atoms with E-state index in [2.05, 4.69) is 5.32 Å². The summed E-state index contributed by atoms with van der Waals surface area (Å²) in [6, 6.07) is 0. The number of likely N-dealkylation sites (N-methyl/N-ethyl adjacent to an activating group) is 2. The molecule has 0 aliphatic heterocycles. The maximum Gasteiger partial charge on any atom is 0.239 e. The Morgan fingerprint density at radius 3 is 2.50 bits per heavy atom. The molecule has 5 heteroatoms. The number of hydrogen-bond donors (Lipinski definition) is 2. The van der Waals surface area contributed by atoms with Gasteiger partial charge in [-0.05, 0) is 13.3 Å². The van der Waals surface area contributed by atoms with Crippen molar-refractivity contribution in [1.29, 1.82) is 0 Å². The van der Waals surface area contributed by atoms with Crippen LogP contribution in [0.4, 0.5) is 0 Å². The summed E-state index contributed by atoms with van der Waals surface area (Å²) in [5.41, 5.74) is 0. The molecule has 1 atom stereocenters. The fourth-order valence-corrected chi connectivity index (χ4v) is 0.906. The summed E-state index contributed by atoms with van der Waals surface area (Å²) in [5.74, 6) is -0.326. The van der Waals surface area contributed by atoms with Crippen LogP contribution in [0.2, 0.25) is 0 Å². The van der Waals surface area contributed by atoms with Crippen molar-refractivity contribution in [3.05, 3.63) is 0 Å². The topological polar surface area (TPSA) is 69.6 Å². The molecule has 2 N–H and O–H groups in total. The van der Waals surface area contributed by atoms with Gasteiger partial charge in [0.25, 0.3) is 0 Å². The van der Waals surface area contributed by atoms with Crippen LogP contribution in [0.1, 0.15) is 19.8 Å². The third-order valence-electron chi connectivity index (χ3n) is 1.86. The predicted octanol–water partition coefficient (Wildman–Crippen LogP) is -0.648. The van der Waals surface area contributed by atoms with Gasteiger partial charge in [0.05, 0.1) is 12.6 Å². The molecular formula is C9H18N2O3. The zero-order valence-electron chi connectivity index (χ0n) is 8.91. The molecule has 0 rings (SSSR count). The number of hydrogen-bond acceptors (Lipinski definition) is 3. The summed E-state index contributed by atoms with van der Waals surface area (Å²) in [7, 11) is 3.09. The fraction of sp³-hybridized carbons (Fsp3) is 0.778. The summed E-state index contributed by atoms with van der Waals surface area (Å²) in [4.78, 5) is 23.6. The zero-order valence-corrected chi connectivity index (χ0v) is 8.91. The Morgan fingerprint density at radius 1 is 1.50 bits per heavy atom. The van der Waals surface area contributed by atoms with Gasteiger partial charge in [-0.25, -0.2) is 0 Å². The van der Waals surface area contributed by atoms with Crippen LogP contribution >= 0.6 is 0 Å². The Morgan fingerprint density at radius 2 is 2.07 bits per heavy atom. The lowest BCUT2D eigenvalue weighted by atomic mass is 10.2. The van der Waals surface area contributed by atoms with Crippen LogP contribution in [-0.2, 0) is 9.59 Å². The molecule has 5 nitrogen and oxygen atoms in total. The number of nitrogens with one attached hydrogen (secondary N) is 1. The van der Waals surface area contributed by atoms with E-state index in [0.29, 0.717) is 6.42 Å². The first kappa shape index (κ1) is 12.9. The van der Waals surface area contributed by atoms with Gasteiger partial charge in [0.15, 0.2) is 0 Å². The SMILES string of the molecule is CNC(=O)CN(C)C(=O)CCC(C)O. The summed E-state index contributed by atoms with van der Waals surface area (Å²) in [5, 5.41) is 11.4. The van der Waals surface area contributed by atoms with Gasteiger partial charge in [-0.1, -0.05) is 0 Å². The van der Waals surface area contributed by atoms with Gasteiger partial charge in [0.1, 0.15) is 0 Å². The highest BCUT2D eigenvalue weighted by Crippen LogP contribution is 1.99. The van der Waals surface area contributed by atoms with Crippen molar-refractivity contribution in [2.75, 3.05) is 20.6 Å². The zero-order chi connectivity index (χ0) is 11.1. The van der Waals surface area contributed by atoms with Crippen molar-refractivity contribution in [1.82, 2.24) is 10.2 Å². The lowest BCUT2D eigenvalue weighted by molar-refractivity contribution is -0.134. The average molecular weight is 202 g/mol. The Bertz CT molecular complexity index is 204. The molecule has 0 aromatic heterocycles. The molecular weight excluding hydrogens is 184 g/mol. The second-order valence-electron chi connectivity index (χ2n) is 3.31. The molecule has 0 aliphatic carbocycles. The largest absolute Gasteiger partial charge is 0.393 e. The van der Waals surface area contributed by atoms with Crippen LogP contribution < -0.4 is 5.32 Å². The second kappa shape index (κ2) is 6.37. The fourth-order valence-electron chi connectivity index (χ4n) is 0.906. The Kier molecular flexibility index (Phi) is 5.87. The minimum Gasteiger partial charge on any atom is -0.393 e. The molecule has 0 heterocycles. The normalized spacial score (nSPS) is 12.0. The van der Waals surface area contributed by atoms with Crippen molar-refractivity contribution in [2.45, 2.75) is 25.9 Å². The smallest absolute Gasteiger partial charge is 0.239 e. The second-order valence-corrected chi connectivity index (χ2v) is 3.31. The van der Waals surface area contributed by atoms with Crippen molar-refractivity contribution < 1.29 is 14.7 Å². The third-order valence-corrected chi connectivity index (χ3v) is 1.86. The van der Waals surface area contributed by atoms with E-state index in [1.54, 1.807) is 14.0 Å². The molecule has 0 bridgehead atoms. The maximum atomic E-state index is 11.3. The lowest BCUT2D eigenvalue weighted by Gasteiger charge is -2.16. The molecule has 14 heavy (non-hydrogen) atoms. The number of carbonyl (C=O) groups excluding carboxylic acids is 2. The highest BCUT2D eigenvalue weighted by Gasteiger charge is 2.12. The number of aliphatic hydroxyl groups excluding tert-OH is 1. The minimum absolute atomic E-state index is 0.0646. The van der Waals surface area contributed by atoms with Crippen molar-refractivity contribution >= 4 is 11.8 Å². The van der Waals surface area contributed by atoms with Crippen LogP contribution in [0, 0.1) is 0 Å². The molecule has 0 spiro atoms. The number of carbonyl (C=O) groups is 2. The number of aliphatic hydroxyl groups is 1. The maximum absolute atomic E-state index is 11.3. The highest BCUT2D eigenvalue weighted by molar-refractivity contribution is 5.84. The van der Waals surface area contributed by atoms with E-state index in [-0.39, 0.29) is 24.8 Å². The summed E-state index contributed by atoms with van der Waals surface area (Å²) in [6.45, 7) is 1.70. The van der Waals surface area contributed by atoms with Gasteiger partial charge >= 0.3 is 0 Å². The molecule has 0 aromatic carbocycles.